The molecule has 290 valence electrons. The summed E-state index contributed by atoms with van der Waals surface area (Å²) >= 11 is 0. The van der Waals surface area contributed by atoms with Gasteiger partial charge in [0.1, 0.15) is 5.58 Å². The molecule has 5 heteroatoms. The van der Waals surface area contributed by atoms with Crippen molar-refractivity contribution < 1.29 is 4.42 Å². The highest BCUT2D eigenvalue weighted by molar-refractivity contribution is 7.00. The van der Waals surface area contributed by atoms with Crippen molar-refractivity contribution in [1.29, 1.82) is 0 Å². The van der Waals surface area contributed by atoms with Crippen molar-refractivity contribution in [3.63, 3.8) is 0 Å². The molecular weight excluding hydrogens is 741 g/mol. The second-order valence-corrected chi connectivity index (χ2v) is 17.3. The van der Waals surface area contributed by atoms with Gasteiger partial charge in [-0.1, -0.05) is 154 Å². The van der Waals surface area contributed by atoms with Crippen LogP contribution in [-0.2, 0) is 5.41 Å². The average molecular weight is 784 g/mol. The first-order valence-electron chi connectivity index (χ1n) is 21.2. The molecule has 0 radical (unpaired) electrons. The molecule has 1 aromatic heterocycles. The van der Waals surface area contributed by atoms with Crippen LogP contribution in [-0.4, -0.2) is 6.71 Å². The van der Waals surface area contributed by atoms with Crippen LogP contribution in [0.25, 0.3) is 32.7 Å². The lowest BCUT2D eigenvalue weighted by Crippen LogP contribution is -2.61. The third-order valence-electron chi connectivity index (χ3n) is 12.7. The molecule has 0 saturated carbocycles. The van der Waals surface area contributed by atoms with Crippen molar-refractivity contribution in [1.82, 2.24) is 0 Å². The Morgan fingerprint density at radius 3 is 1.64 bits per heavy atom. The predicted octanol–water partition coefficient (Wildman–Crippen LogP) is 13.6. The number of para-hydroxylation sites is 6. The van der Waals surface area contributed by atoms with E-state index in [4.69, 9.17) is 4.42 Å². The first-order chi connectivity index (χ1) is 29.9. The standard InChI is InChI=1S/C56H42BN3O/c1-56(2,3)53-41-24-11-10-19-37(41)33-34-48(53)60(49-31-18-26-43-42-25-12-17-32-52(42)61-55(43)49)40-35-50-54-51(36-40)59(39-22-8-5-9-23-39)47-30-16-14-28-45(47)57(54)44-27-13-15-29-46(44)58(50)38-20-6-4-7-21-38/h4-36H,1-3H3. The minimum Gasteiger partial charge on any atom is -0.454 e. The average Bonchev–Trinajstić information content (AvgIpc) is 3.68. The fourth-order valence-corrected chi connectivity index (χ4v) is 10.3. The highest BCUT2D eigenvalue weighted by atomic mass is 16.3. The van der Waals surface area contributed by atoms with Crippen molar-refractivity contribution in [3.8, 4) is 0 Å². The van der Waals surface area contributed by atoms with Crippen LogP contribution in [0.15, 0.2) is 205 Å². The fourth-order valence-electron chi connectivity index (χ4n) is 10.3. The zero-order valence-electron chi connectivity index (χ0n) is 34.4. The molecule has 0 spiro atoms. The number of rotatable bonds is 5. The molecule has 0 atom stereocenters. The molecular formula is C56H42BN3O. The predicted molar refractivity (Wildman–Crippen MR) is 259 cm³/mol. The number of benzene rings is 9. The molecule has 2 aliphatic heterocycles. The summed E-state index contributed by atoms with van der Waals surface area (Å²) in [7, 11) is 0. The van der Waals surface area contributed by atoms with E-state index in [2.05, 4.69) is 236 Å². The van der Waals surface area contributed by atoms with Gasteiger partial charge in [-0.05, 0) is 105 Å². The van der Waals surface area contributed by atoms with Crippen LogP contribution in [0.5, 0.6) is 0 Å². The third kappa shape index (κ3) is 5.40. The molecule has 61 heavy (non-hydrogen) atoms. The van der Waals surface area contributed by atoms with Crippen LogP contribution in [0.1, 0.15) is 26.3 Å². The summed E-state index contributed by atoms with van der Waals surface area (Å²) in [5.41, 5.74) is 16.7. The summed E-state index contributed by atoms with van der Waals surface area (Å²) in [6.07, 6.45) is 0. The van der Waals surface area contributed by atoms with Gasteiger partial charge in [-0.15, -0.1) is 0 Å². The topological polar surface area (TPSA) is 22.9 Å². The minimum atomic E-state index is -0.214. The molecule has 0 N–H and O–H groups in total. The molecule has 12 rings (SSSR count). The van der Waals surface area contributed by atoms with Crippen LogP contribution in [0, 0.1) is 0 Å². The number of fused-ring (bicyclic) bond motifs is 8. The molecule has 3 heterocycles. The SMILES string of the molecule is CC(C)(C)c1c(N(c2cc3c4c(c2)N(c2ccccc2)c2ccccc2B4c2ccccc2N3c2ccccc2)c2cccc3c2oc2ccccc23)ccc2ccccc12. The summed E-state index contributed by atoms with van der Waals surface area (Å²) in [4.78, 5) is 7.45. The Bertz CT molecular complexity index is 3220. The van der Waals surface area contributed by atoms with Crippen molar-refractivity contribution in [2.75, 3.05) is 14.7 Å². The lowest BCUT2D eigenvalue weighted by Gasteiger charge is -2.45. The van der Waals surface area contributed by atoms with Crippen LogP contribution in [0.4, 0.5) is 51.2 Å². The molecule has 4 nitrogen and oxygen atoms in total. The smallest absolute Gasteiger partial charge is 0.252 e. The first-order valence-corrected chi connectivity index (χ1v) is 21.2. The van der Waals surface area contributed by atoms with Gasteiger partial charge in [-0.25, -0.2) is 0 Å². The zero-order valence-corrected chi connectivity index (χ0v) is 34.4. The molecule has 0 saturated heterocycles. The molecule has 0 aliphatic carbocycles. The molecule has 0 bridgehead atoms. The fraction of sp³-hybridized carbons (Fsp3) is 0.0714. The highest BCUT2D eigenvalue weighted by Gasteiger charge is 2.44. The summed E-state index contributed by atoms with van der Waals surface area (Å²) in [5, 5.41) is 4.67. The second-order valence-electron chi connectivity index (χ2n) is 17.3. The Hall–Kier alpha value is -7.50. The van der Waals surface area contributed by atoms with E-state index >= 15 is 0 Å². The third-order valence-corrected chi connectivity index (χ3v) is 12.7. The van der Waals surface area contributed by atoms with Gasteiger partial charge in [0.15, 0.2) is 5.58 Å². The van der Waals surface area contributed by atoms with E-state index in [1.54, 1.807) is 0 Å². The summed E-state index contributed by atoms with van der Waals surface area (Å²) < 4.78 is 6.93. The van der Waals surface area contributed by atoms with Crippen molar-refractivity contribution in [2.24, 2.45) is 0 Å². The first kappa shape index (κ1) is 35.4. The molecule has 2 aliphatic rings. The van der Waals surface area contributed by atoms with Gasteiger partial charge >= 0.3 is 0 Å². The van der Waals surface area contributed by atoms with Gasteiger partial charge in [0.25, 0.3) is 6.71 Å². The Kier molecular flexibility index (Phi) is 7.86. The number of hydrogen-bond donors (Lipinski definition) is 0. The van der Waals surface area contributed by atoms with Crippen molar-refractivity contribution in [3.05, 3.63) is 206 Å². The lowest BCUT2D eigenvalue weighted by atomic mass is 9.33. The summed E-state index contributed by atoms with van der Waals surface area (Å²) in [5.74, 6) is 0. The van der Waals surface area contributed by atoms with E-state index in [1.165, 1.54) is 44.1 Å². The molecule has 0 amide bonds. The maximum atomic E-state index is 6.93. The van der Waals surface area contributed by atoms with E-state index in [9.17, 15) is 0 Å². The molecule has 9 aromatic carbocycles. The molecule has 10 aromatic rings. The number of anilines is 9. The normalized spacial score (nSPS) is 13.1. The number of nitrogens with zero attached hydrogens (tertiary/aromatic N) is 3. The number of hydrogen-bond acceptors (Lipinski definition) is 4. The lowest BCUT2D eigenvalue weighted by molar-refractivity contribution is 0.596. The van der Waals surface area contributed by atoms with Crippen LogP contribution >= 0.6 is 0 Å². The largest absolute Gasteiger partial charge is 0.454 e. The van der Waals surface area contributed by atoms with Crippen molar-refractivity contribution >= 4 is 107 Å². The molecule has 0 unspecified atom stereocenters. The van der Waals surface area contributed by atoms with E-state index in [0.717, 1.165) is 61.8 Å². The molecule has 0 fully saturated rings. The van der Waals surface area contributed by atoms with Crippen LogP contribution < -0.4 is 31.1 Å². The Labute approximate surface area is 356 Å². The maximum Gasteiger partial charge on any atom is 0.252 e. The van der Waals surface area contributed by atoms with Crippen LogP contribution in [0.3, 0.4) is 0 Å². The van der Waals surface area contributed by atoms with E-state index in [1.807, 2.05) is 0 Å². The second kappa shape index (κ2) is 13.5. The van der Waals surface area contributed by atoms with Gasteiger partial charge < -0.3 is 19.1 Å². The van der Waals surface area contributed by atoms with E-state index < -0.39 is 0 Å². The van der Waals surface area contributed by atoms with E-state index in [0.29, 0.717) is 0 Å². The van der Waals surface area contributed by atoms with Crippen LogP contribution in [0.2, 0.25) is 0 Å². The number of furan rings is 1. The highest BCUT2D eigenvalue weighted by Crippen LogP contribution is 2.51. The van der Waals surface area contributed by atoms with Gasteiger partial charge in [0.2, 0.25) is 0 Å². The van der Waals surface area contributed by atoms with Crippen molar-refractivity contribution in [2.45, 2.75) is 26.2 Å². The summed E-state index contributed by atoms with van der Waals surface area (Å²) in [6, 6.07) is 73.0. The van der Waals surface area contributed by atoms with Gasteiger partial charge in [-0.3, -0.25) is 0 Å². The Balaban J connectivity index is 1.25. The van der Waals surface area contributed by atoms with Gasteiger partial charge in [-0.2, -0.15) is 0 Å². The minimum absolute atomic E-state index is 0.0180. The Morgan fingerprint density at radius 1 is 0.459 bits per heavy atom. The monoisotopic (exact) mass is 783 g/mol. The summed E-state index contributed by atoms with van der Waals surface area (Å²) in [6.45, 7) is 7.02. The Morgan fingerprint density at radius 2 is 1.00 bits per heavy atom. The quantitative estimate of drug-likeness (QED) is 0.162. The zero-order chi connectivity index (χ0) is 40.8. The van der Waals surface area contributed by atoms with Gasteiger partial charge in [0, 0.05) is 44.9 Å². The van der Waals surface area contributed by atoms with E-state index in [-0.39, 0.29) is 12.1 Å². The maximum absolute atomic E-state index is 6.93. The van der Waals surface area contributed by atoms with Gasteiger partial charge in [0.05, 0.1) is 17.1 Å².